The quantitative estimate of drug-likeness (QED) is 0.145. The van der Waals surface area contributed by atoms with Crippen molar-refractivity contribution in [2.75, 3.05) is 29.9 Å². The fraction of sp³-hybridized carbons (Fsp3) is 0.333. The van der Waals surface area contributed by atoms with Gasteiger partial charge in [-0.1, -0.05) is 23.7 Å². The highest BCUT2D eigenvalue weighted by Gasteiger charge is 2.57. The molecule has 266 valence electrons. The van der Waals surface area contributed by atoms with Crippen LogP contribution in [0, 0.1) is 18.2 Å². The minimum Gasteiger partial charge on any atom is -0.473 e. The Hall–Kier alpha value is -5.20. The maximum atomic E-state index is 14.3. The number of anilines is 2. The van der Waals surface area contributed by atoms with E-state index >= 15 is 0 Å². The summed E-state index contributed by atoms with van der Waals surface area (Å²) in [7, 11) is 0. The number of benzene rings is 3. The molecule has 2 saturated heterocycles. The summed E-state index contributed by atoms with van der Waals surface area (Å²) in [6, 6.07) is 19.6. The fourth-order valence-electron chi connectivity index (χ4n) is 7.87. The zero-order chi connectivity index (χ0) is 35.6. The van der Waals surface area contributed by atoms with Gasteiger partial charge in [0, 0.05) is 53.5 Å². The molecule has 11 nitrogen and oxygen atoms in total. The number of hydrogen-bond donors (Lipinski definition) is 3. The summed E-state index contributed by atoms with van der Waals surface area (Å²) < 4.78 is 28.3. The smallest absolute Gasteiger partial charge is 0.323 e. The minimum absolute atomic E-state index is 0.0676. The molecule has 1 amide bonds. The number of carbonyl (C=O) groups excluding carboxylic acids is 1. The number of aromatic amines is 2. The number of H-pyrrole nitrogens is 2. The summed E-state index contributed by atoms with van der Waals surface area (Å²) in [4.78, 5) is 42.9. The summed E-state index contributed by atoms with van der Waals surface area (Å²) in [6.07, 6.45) is 4.30. The molecule has 3 fully saturated rings. The number of rotatable bonds is 9. The van der Waals surface area contributed by atoms with E-state index in [1.54, 1.807) is 30.3 Å². The highest BCUT2D eigenvalue weighted by molar-refractivity contribution is 6.30. The number of nitrogens with one attached hydrogen (secondary N) is 3. The molecule has 5 heterocycles. The van der Waals surface area contributed by atoms with Crippen molar-refractivity contribution in [3.8, 4) is 5.88 Å². The van der Waals surface area contributed by atoms with Crippen LogP contribution in [-0.4, -0.2) is 56.2 Å². The average molecular weight is 722 g/mol. The lowest BCUT2D eigenvalue weighted by Crippen LogP contribution is -2.36. The zero-order valence-electron chi connectivity index (χ0n) is 28.5. The number of aromatic nitrogens is 5. The van der Waals surface area contributed by atoms with Crippen LogP contribution in [0.5, 0.6) is 5.88 Å². The van der Waals surface area contributed by atoms with Crippen molar-refractivity contribution >= 4 is 51.1 Å². The van der Waals surface area contributed by atoms with Crippen molar-refractivity contribution in [2.45, 2.75) is 57.8 Å². The maximum Gasteiger partial charge on any atom is 0.323 e. The first-order valence-corrected chi connectivity index (χ1v) is 18.0. The van der Waals surface area contributed by atoms with Gasteiger partial charge in [0.25, 0.3) is 5.91 Å². The average Bonchev–Trinajstić information content (AvgIpc) is 3.46. The first-order valence-electron chi connectivity index (χ1n) is 17.7. The summed E-state index contributed by atoms with van der Waals surface area (Å²) in [5, 5.41) is 3.38. The molecule has 1 aliphatic carbocycles. The Labute approximate surface area is 303 Å². The van der Waals surface area contributed by atoms with Crippen molar-refractivity contribution in [1.29, 1.82) is 0 Å². The van der Waals surface area contributed by atoms with Gasteiger partial charge >= 0.3 is 5.69 Å². The molecule has 13 heteroatoms. The number of carbonyl (C=O) groups is 1. The van der Waals surface area contributed by atoms with Gasteiger partial charge in [-0.05, 0) is 92.1 Å². The lowest BCUT2D eigenvalue weighted by Gasteiger charge is -2.34. The molecule has 9 rings (SSSR count). The monoisotopic (exact) mass is 721 g/mol. The second-order valence-electron chi connectivity index (χ2n) is 14.3. The number of piperidine rings is 1. The Balaban J connectivity index is 0.902. The summed E-state index contributed by atoms with van der Waals surface area (Å²) >= 11 is 5.89. The van der Waals surface area contributed by atoms with Gasteiger partial charge in [0.15, 0.2) is 0 Å². The van der Waals surface area contributed by atoms with Crippen LogP contribution in [0.15, 0.2) is 71.5 Å². The highest BCUT2D eigenvalue weighted by atomic mass is 35.5. The van der Waals surface area contributed by atoms with Gasteiger partial charge in [-0.15, -0.1) is 0 Å². The first-order chi connectivity index (χ1) is 25.2. The van der Waals surface area contributed by atoms with Crippen molar-refractivity contribution < 1.29 is 18.7 Å². The molecule has 1 saturated carbocycles. The van der Waals surface area contributed by atoms with Crippen molar-refractivity contribution in [3.05, 3.63) is 111 Å². The van der Waals surface area contributed by atoms with Crippen molar-refractivity contribution in [1.82, 2.24) is 24.5 Å². The van der Waals surface area contributed by atoms with Crippen LogP contribution in [-0.2, 0) is 17.9 Å². The van der Waals surface area contributed by atoms with E-state index in [1.807, 2.05) is 37.3 Å². The predicted molar refractivity (Wildman–Crippen MR) is 197 cm³/mol. The van der Waals surface area contributed by atoms with Gasteiger partial charge in [-0.25, -0.2) is 14.2 Å². The Morgan fingerprint density at radius 1 is 1.10 bits per heavy atom. The fourth-order valence-corrected chi connectivity index (χ4v) is 8.03. The van der Waals surface area contributed by atoms with Gasteiger partial charge in [-0.2, -0.15) is 4.98 Å². The van der Waals surface area contributed by atoms with Gasteiger partial charge in [0.1, 0.15) is 24.1 Å². The topological polar surface area (TPSA) is 130 Å². The van der Waals surface area contributed by atoms with E-state index < -0.39 is 5.82 Å². The molecule has 2 aliphatic heterocycles. The van der Waals surface area contributed by atoms with Crippen molar-refractivity contribution in [3.63, 3.8) is 0 Å². The van der Waals surface area contributed by atoms with Crippen LogP contribution in [0.2, 0.25) is 5.02 Å². The minimum atomic E-state index is -0.401. The number of halogens is 2. The van der Waals surface area contributed by atoms with Crippen LogP contribution in [0.3, 0.4) is 0 Å². The molecule has 3 N–H and O–H groups in total. The Morgan fingerprint density at radius 3 is 2.73 bits per heavy atom. The van der Waals surface area contributed by atoms with E-state index in [2.05, 4.69) is 24.8 Å². The molecule has 0 bridgehead atoms. The number of ether oxygens (including phenoxy) is 2. The largest absolute Gasteiger partial charge is 0.473 e. The van der Waals surface area contributed by atoms with Crippen LogP contribution in [0.1, 0.15) is 58.9 Å². The number of imidazole rings is 2. The number of nitrogens with zero attached hydrogens (tertiary/aromatic N) is 4. The van der Waals surface area contributed by atoms with Crippen LogP contribution in [0.4, 0.5) is 15.9 Å². The lowest BCUT2D eigenvalue weighted by molar-refractivity contribution is -0.0590. The number of hydrogen-bond acceptors (Lipinski definition) is 7. The van der Waals surface area contributed by atoms with E-state index in [-0.39, 0.29) is 29.7 Å². The highest BCUT2D eigenvalue weighted by Crippen LogP contribution is 2.65. The number of amides is 1. The maximum absolute atomic E-state index is 14.3. The summed E-state index contributed by atoms with van der Waals surface area (Å²) in [5.74, 6) is 2.05. The SMILES string of the molecule is Cc1cc(C(=O)Nc2ccc3c(c2)nc(C2CC24CCN(c2cccc(OCc5ccc(Cl)cc5F)n2)CC4)n3C[C@@H]2CCO2)cc2[nH]c(=O)[nH]c12. The molecule has 3 aromatic carbocycles. The second kappa shape index (κ2) is 12.8. The molecule has 1 unspecified atom stereocenters. The van der Waals surface area contributed by atoms with E-state index in [0.717, 1.165) is 80.2 Å². The number of fused-ring (bicyclic) bond motifs is 2. The molecule has 0 radical (unpaired) electrons. The first kappa shape index (κ1) is 32.7. The molecule has 1 spiro atoms. The third kappa shape index (κ3) is 6.09. The van der Waals surface area contributed by atoms with Crippen LogP contribution >= 0.6 is 11.6 Å². The van der Waals surface area contributed by atoms with Gasteiger partial charge < -0.3 is 34.2 Å². The van der Waals surface area contributed by atoms with Gasteiger partial charge in [0.2, 0.25) is 5.88 Å². The Kier molecular flexibility index (Phi) is 8.04. The van der Waals surface area contributed by atoms with Crippen LogP contribution < -0.4 is 20.6 Å². The van der Waals surface area contributed by atoms with E-state index in [1.165, 1.54) is 6.07 Å². The van der Waals surface area contributed by atoms with E-state index in [0.29, 0.717) is 44.7 Å². The Bertz CT molecular complexity index is 2410. The molecular formula is C39H37ClFN7O4. The van der Waals surface area contributed by atoms with Gasteiger partial charge in [0.05, 0.1) is 34.7 Å². The molecule has 6 aromatic rings. The normalized spacial score (nSPS) is 19.2. The molecular weight excluding hydrogens is 685 g/mol. The third-order valence-corrected chi connectivity index (χ3v) is 11.2. The standard InChI is InChI=1S/C39H37ClFN7O4/c1-22-15-24(16-31-35(22)46-38(50)44-31)37(49)42-26-7-8-32-30(18-26)43-36(48(32)20-27-9-14-51-27)28-19-39(28)10-12-47(13-11-39)33-3-2-4-34(45-33)52-21-23-5-6-25(40)17-29(23)41/h2-8,15-18,27-28H,9-14,19-21H2,1H3,(H,42,49)(H2,44,46,50)/t27-,28?/m0/s1. The van der Waals surface area contributed by atoms with Crippen LogP contribution in [0.25, 0.3) is 22.1 Å². The molecule has 3 aromatic heterocycles. The number of pyridine rings is 1. The second-order valence-corrected chi connectivity index (χ2v) is 14.7. The molecule has 52 heavy (non-hydrogen) atoms. The Morgan fingerprint density at radius 2 is 1.94 bits per heavy atom. The van der Waals surface area contributed by atoms with E-state index in [4.69, 9.17) is 31.0 Å². The summed E-state index contributed by atoms with van der Waals surface area (Å²) in [5.41, 5.74) is 5.38. The zero-order valence-corrected chi connectivity index (χ0v) is 29.3. The predicted octanol–water partition coefficient (Wildman–Crippen LogP) is 7.10. The van der Waals surface area contributed by atoms with E-state index in [9.17, 15) is 14.0 Å². The lowest BCUT2D eigenvalue weighted by atomic mass is 9.90. The molecule has 2 atom stereocenters. The van der Waals surface area contributed by atoms with Crippen molar-refractivity contribution in [2.24, 2.45) is 5.41 Å². The summed E-state index contributed by atoms with van der Waals surface area (Å²) in [6.45, 7) is 5.19. The third-order valence-electron chi connectivity index (χ3n) is 11.0. The number of aryl methyl sites for hydroxylation is 1. The molecule has 3 aliphatic rings. The van der Waals surface area contributed by atoms with Gasteiger partial charge in [-0.3, -0.25) is 4.79 Å².